The van der Waals surface area contributed by atoms with E-state index in [0.29, 0.717) is 12.5 Å². The van der Waals surface area contributed by atoms with Crippen LogP contribution in [0, 0.1) is 13.8 Å². The van der Waals surface area contributed by atoms with Gasteiger partial charge in [-0.1, -0.05) is 30.3 Å². The van der Waals surface area contributed by atoms with Crippen molar-refractivity contribution in [2.75, 3.05) is 13.1 Å². The molecule has 134 valence electrons. The second-order valence-electron chi connectivity index (χ2n) is 6.96. The van der Waals surface area contributed by atoms with Gasteiger partial charge >= 0.3 is 0 Å². The number of nitrogens with one attached hydrogen (secondary N) is 1. The molecule has 1 saturated heterocycles. The summed E-state index contributed by atoms with van der Waals surface area (Å²) in [7, 11) is 1.98. The van der Waals surface area contributed by atoms with Gasteiger partial charge in [-0.3, -0.25) is 9.48 Å². The molecule has 0 saturated carbocycles. The molecule has 0 bridgehead atoms. The van der Waals surface area contributed by atoms with Crippen molar-refractivity contribution in [3.63, 3.8) is 0 Å². The lowest BCUT2D eigenvalue weighted by molar-refractivity contribution is -0.130. The molecule has 1 aliphatic heterocycles. The van der Waals surface area contributed by atoms with Gasteiger partial charge in [0.15, 0.2) is 0 Å². The normalized spacial score (nSPS) is 17.2. The number of likely N-dealkylation sites (tertiary alicyclic amines) is 1. The molecule has 1 atom stereocenters. The number of benzene rings is 1. The van der Waals surface area contributed by atoms with Gasteiger partial charge in [0, 0.05) is 50.4 Å². The van der Waals surface area contributed by atoms with E-state index in [4.69, 9.17) is 0 Å². The summed E-state index contributed by atoms with van der Waals surface area (Å²) in [5.74, 6) is 0.266. The van der Waals surface area contributed by atoms with Crippen LogP contribution in [-0.4, -0.2) is 39.7 Å². The second-order valence-corrected chi connectivity index (χ2v) is 6.96. The predicted molar refractivity (Wildman–Crippen MR) is 99.3 cm³/mol. The number of rotatable bonds is 6. The summed E-state index contributed by atoms with van der Waals surface area (Å²) in [6, 6.07) is 10.6. The molecule has 1 amide bonds. The molecule has 1 aliphatic rings. The Morgan fingerprint density at radius 1 is 1.28 bits per heavy atom. The summed E-state index contributed by atoms with van der Waals surface area (Å²) in [5.41, 5.74) is 4.80. The highest BCUT2D eigenvalue weighted by molar-refractivity contribution is 5.76. The molecule has 0 radical (unpaired) electrons. The highest BCUT2D eigenvalue weighted by Gasteiger charge is 2.26. The third kappa shape index (κ3) is 4.28. The van der Waals surface area contributed by atoms with E-state index in [0.717, 1.165) is 38.2 Å². The molecule has 1 aromatic carbocycles. The molecule has 1 aromatic heterocycles. The summed E-state index contributed by atoms with van der Waals surface area (Å²) >= 11 is 0. The number of hydrogen-bond donors (Lipinski definition) is 1. The SMILES string of the molecule is Cc1nn(C)c(C)c1CN[C@H]1CCN(C(=O)CCc2ccccc2)C1. The van der Waals surface area contributed by atoms with Crippen LogP contribution in [-0.2, 0) is 24.8 Å². The topological polar surface area (TPSA) is 50.2 Å². The van der Waals surface area contributed by atoms with Gasteiger partial charge in [0.1, 0.15) is 0 Å². The summed E-state index contributed by atoms with van der Waals surface area (Å²) in [5, 5.41) is 8.07. The Morgan fingerprint density at radius 2 is 2.04 bits per heavy atom. The van der Waals surface area contributed by atoms with Crippen LogP contribution in [0.15, 0.2) is 30.3 Å². The van der Waals surface area contributed by atoms with Crippen LogP contribution in [0.2, 0.25) is 0 Å². The lowest BCUT2D eigenvalue weighted by atomic mass is 10.1. The third-order valence-corrected chi connectivity index (χ3v) is 5.24. The summed E-state index contributed by atoms with van der Waals surface area (Å²) < 4.78 is 1.93. The van der Waals surface area contributed by atoms with Crippen molar-refractivity contribution in [2.24, 2.45) is 7.05 Å². The van der Waals surface area contributed by atoms with Crippen LogP contribution >= 0.6 is 0 Å². The first-order valence-electron chi connectivity index (χ1n) is 9.08. The number of aryl methyl sites for hydroxylation is 3. The maximum atomic E-state index is 12.4. The van der Waals surface area contributed by atoms with Crippen LogP contribution in [0.1, 0.15) is 35.4 Å². The zero-order valence-corrected chi connectivity index (χ0v) is 15.5. The van der Waals surface area contributed by atoms with Gasteiger partial charge < -0.3 is 10.2 Å². The van der Waals surface area contributed by atoms with Crippen molar-refractivity contribution >= 4 is 5.91 Å². The van der Waals surface area contributed by atoms with E-state index in [-0.39, 0.29) is 5.91 Å². The Morgan fingerprint density at radius 3 is 2.72 bits per heavy atom. The van der Waals surface area contributed by atoms with E-state index >= 15 is 0 Å². The Balaban J connectivity index is 1.46. The van der Waals surface area contributed by atoms with Crippen LogP contribution < -0.4 is 5.32 Å². The highest BCUT2D eigenvalue weighted by atomic mass is 16.2. The average Bonchev–Trinajstić information content (AvgIpc) is 3.18. The van der Waals surface area contributed by atoms with Gasteiger partial charge in [-0.05, 0) is 32.3 Å². The Kier molecular flexibility index (Phi) is 5.53. The third-order valence-electron chi connectivity index (χ3n) is 5.24. The molecular formula is C20H28N4O. The number of aromatic nitrogens is 2. The molecule has 2 aromatic rings. The van der Waals surface area contributed by atoms with Crippen molar-refractivity contribution in [3.8, 4) is 0 Å². The number of hydrogen-bond acceptors (Lipinski definition) is 3. The number of carbonyl (C=O) groups is 1. The molecule has 0 unspecified atom stereocenters. The zero-order valence-electron chi connectivity index (χ0n) is 15.5. The Hall–Kier alpha value is -2.14. The van der Waals surface area contributed by atoms with Gasteiger partial charge in [0.05, 0.1) is 5.69 Å². The van der Waals surface area contributed by atoms with Gasteiger partial charge in [-0.25, -0.2) is 0 Å². The Bertz CT molecular complexity index is 723. The Labute approximate surface area is 150 Å². The zero-order chi connectivity index (χ0) is 17.8. The molecule has 1 N–H and O–H groups in total. The van der Waals surface area contributed by atoms with Gasteiger partial charge in [-0.2, -0.15) is 5.10 Å². The minimum Gasteiger partial charge on any atom is -0.341 e. The molecule has 3 rings (SSSR count). The van der Waals surface area contributed by atoms with Crippen molar-refractivity contribution in [3.05, 3.63) is 52.8 Å². The predicted octanol–water partition coefficient (Wildman–Crippen LogP) is 2.36. The first-order valence-corrected chi connectivity index (χ1v) is 9.08. The van der Waals surface area contributed by atoms with E-state index in [1.807, 2.05) is 34.8 Å². The quantitative estimate of drug-likeness (QED) is 0.878. The van der Waals surface area contributed by atoms with Crippen LogP contribution in [0.4, 0.5) is 0 Å². The fourth-order valence-corrected chi connectivity index (χ4v) is 3.53. The van der Waals surface area contributed by atoms with Crippen molar-refractivity contribution in [1.29, 1.82) is 0 Å². The van der Waals surface area contributed by atoms with E-state index in [2.05, 4.69) is 36.4 Å². The molecule has 25 heavy (non-hydrogen) atoms. The first-order chi connectivity index (χ1) is 12.0. The molecule has 0 aliphatic carbocycles. The maximum Gasteiger partial charge on any atom is 0.222 e. The monoisotopic (exact) mass is 340 g/mol. The van der Waals surface area contributed by atoms with E-state index in [1.54, 1.807) is 0 Å². The average molecular weight is 340 g/mol. The number of amides is 1. The lowest BCUT2D eigenvalue weighted by Gasteiger charge is -2.17. The molecule has 2 heterocycles. The fourth-order valence-electron chi connectivity index (χ4n) is 3.53. The van der Waals surface area contributed by atoms with Gasteiger partial charge in [0.2, 0.25) is 5.91 Å². The molecule has 5 nitrogen and oxygen atoms in total. The molecule has 5 heteroatoms. The van der Waals surface area contributed by atoms with Crippen molar-refractivity contribution < 1.29 is 4.79 Å². The summed E-state index contributed by atoms with van der Waals surface area (Å²) in [6.07, 6.45) is 2.44. The second kappa shape index (κ2) is 7.83. The van der Waals surface area contributed by atoms with E-state index in [1.165, 1.54) is 16.8 Å². The molecule has 0 spiro atoms. The fraction of sp³-hybridized carbons (Fsp3) is 0.500. The largest absolute Gasteiger partial charge is 0.341 e. The van der Waals surface area contributed by atoms with Crippen LogP contribution in [0.3, 0.4) is 0 Å². The summed E-state index contributed by atoms with van der Waals surface area (Å²) in [6.45, 7) is 6.65. The van der Waals surface area contributed by atoms with Gasteiger partial charge in [0.25, 0.3) is 0 Å². The lowest BCUT2D eigenvalue weighted by Crippen LogP contribution is -2.35. The minimum atomic E-state index is 0.266. The smallest absolute Gasteiger partial charge is 0.222 e. The van der Waals surface area contributed by atoms with Gasteiger partial charge in [-0.15, -0.1) is 0 Å². The minimum absolute atomic E-state index is 0.266. The van der Waals surface area contributed by atoms with E-state index in [9.17, 15) is 4.79 Å². The van der Waals surface area contributed by atoms with E-state index < -0.39 is 0 Å². The summed E-state index contributed by atoms with van der Waals surface area (Å²) in [4.78, 5) is 14.4. The first kappa shape index (κ1) is 17.7. The molecule has 1 fully saturated rings. The standard InChI is InChI=1S/C20H28N4O/c1-15-19(16(2)23(3)22-15)13-21-18-11-12-24(14-18)20(25)10-9-17-7-5-4-6-8-17/h4-8,18,21H,9-14H2,1-3H3/t18-/m0/s1. The highest BCUT2D eigenvalue weighted by Crippen LogP contribution is 2.15. The number of carbonyl (C=O) groups excluding carboxylic acids is 1. The molecular weight excluding hydrogens is 312 g/mol. The van der Waals surface area contributed by atoms with Crippen molar-refractivity contribution in [1.82, 2.24) is 20.0 Å². The number of nitrogens with zero attached hydrogens (tertiary/aromatic N) is 3. The van der Waals surface area contributed by atoms with Crippen LogP contribution in [0.5, 0.6) is 0 Å². The maximum absolute atomic E-state index is 12.4. The van der Waals surface area contributed by atoms with Crippen molar-refractivity contribution in [2.45, 2.75) is 45.7 Å². The van der Waals surface area contributed by atoms with Crippen LogP contribution in [0.25, 0.3) is 0 Å².